The van der Waals surface area contributed by atoms with Gasteiger partial charge >= 0.3 is 0 Å². The summed E-state index contributed by atoms with van der Waals surface area (Å²) in [6, 6.07) is 12.3. The van der Waals surface area contributed by atoms with Crippen molar-refractivity contribution in [2.24, 2.45) is 0 Å². The predicted molar refractivity (Wildman–Crippen MR) is 95.8 cm³/mol. The van der Waals surface area contributed by atoms with Crippen LogP contribution in [0.5, 0.6) is 5.75 Å². The fourth-order valence-corrected chi connectivity index (χ4v) is 2.53. The third kappa shape index (κ3) is 5.02. The molecule has 0 aromatic heterocycles. The van der Waals surface area contributed by atoms with Crippen molar-refractivity contribution >= 4 is 17.3 Å². The van der Waals surface area contributed by atoms with Crippen molar-refractivity contribution in [2.75, 3.05) is 26.0 Å². The van der Waals surface area contributed by atoms with Crippen LogP contribution in [-0.2, 0) is 11.3 Å². The number of aryl methyl sites for hydroxylation is 1. The van der Waals surface area contributed by atoms with Gasteiger partial charge in [-0.2, -0.15) is 0 Å². The van der Waals surface area contributed by atoms with Crippen LogP contribution < -0.4 is 10.1 Å². The number of hydrogen-bond donors (Lipinski definition) is 1. The van der Waals surface area contributed by atoms with E-state index in [1.54, 1.807) is 26.2 Å². The zero-order chi connectivity index (χ0) is 18.4. The number of rotatable bonds is 7. The zero-order valence-corrected chi connectivity index (χ0v) is 14.5. The molecular weight excluding hydrogens is 322 g/mol. The molecule has 0 saturated carbocycles. The number of nitro groups is 1. The lowest BCUT2D eigenvalue weighted by molar-refractivity contribution is -0.384. The molecule has 7 heteroatoms. The molecule has 0 bridgehead atoms. The Labute approximate surface area is 146 Å². The van der Waals surface area contributed by atoms with E-state index in [1.165, 1.54) is 6.07 Å². The van der Waals surface area contributed by atoms with Gasteiger partial charge < -0.3 is 10.1 Å². The van der Waals surface area contributed by atoms with Gasteiger partial charge in [-0.05, 0) is 37.2 Å². The van der Waals surface area contributed by atoms with Crippen molar-refractivity contribution in [1.29, 1.82) is 0 Å². The number of hydrogen-bond acceptors (Lipinski definition) is 5. The van der Waals surface area contributed by atoms with Crippen molar-refractivity contribution in [3.8, 4) is 5.75 Å². The smallest absolute Gasteiger partial charge is 0.293 e. The first kappa shape index (κ1) is 18.4. The van der Waals surface area contributed by atoms with Crippen molar-refractivity contribution in [1.82, 2.24) is 4.90 Å². The molecule has 0 heterocycles. The molecule has 0 aliphatic carbocycles. The first-order chi connectivity index (χ1) is 11.9. The topological polar surface area (TPSA) is 84.7 Å². The summed E-state index contributed by atoms with van der Waals surface area (Å²) < 4.78 is 5.18. The molecule has 0 unspecified atom stereocenters. The Morgan fingerprint density at radius 3 is 2.68 bits per heavy atom. The number of likely N-dealkylation sites (N-methyl/N-ethyl adjacent to an activating group) is 1. The number of methoxy groups -OCH3 is 1. The number of carbonyl (C=O) groups is 1. The number of nitro benzene ring substituents is 1. The number of benzene rings is 2. The zero-order valence-electron chi connectivity index (χ0n) is 14.5. The SMILES string of the molecule is COc1cccc(CN(C)CC(=O)Nc2c(C)cccc2[N+](=O)[O-])c1. The van der Waals surface area contributed by atoms with E-state index < -0.39 is 4.92 Å². The van der Waals surface area contributed by atoms with Crippen LogP contribution in [0.3, 0.4) is 0 Å². The molecule has 132 valence electrons. The summed E-state index contributed by atoms with van der Waals surface area (Å²) in [6.45, 7) is 2.39. The average molecular weight is 343 g/mol. The monoisotopic (exact) mass is 343 g/mol. The van der Waals surface area contributed by atoms with Gasteiger partial charge in [0.05, 0.1) is 18.6 Å². The lowest BCUT2D eigenvalue weighted by Gasteiger charge is -2.17. The van der Waals surface area contributed by atoms with E-state index in [-0.39, 0.29) is 23.8 Å². The number of anilines is 1. The van der Waals surface area contributed by atoms with Crippen LogP contribution >= 0.6 is 0 Å². The van der Waals surface area contributed by atoms with Crippen molar-refractivity contribution in [3.05, 3.63) is 63.7 Å². The fraction of sp³-hybridized carbons (Fsp3) is 0.278. The highest BCUT2D eigenvalue weighted by atomic mass is 16.6. The lowest BCUT2D eigenvalue weighted by Crippen LogP contribution is -2.30. The summed E-state index contributed by atoms with van der Waals surface area (Å²) in [5.41, 5.74) is 1.80. The van der Waals surface area contributed by atoms with E-state index in [1.807, 2.05) is 36.2 Å². The van der Waals surface area contributed by atoms with Crippen molar-refractivity contribution < 1.29 is 14.5 Å². The van der Waals surface area contributed by atoms with E-state index in [4.69, 9.17) is 4.74 Å². The minimum Gasteiger partial charge on any atom is -0.497 e. The lowest BCUT2D eigenvalue weighted by atomic mass is 10.1. The number of ether oxygens (including phenoxy) is 1. The summed E-state index contributed by atoms with van der Waals surface area (Å²) in [4.78, 5) is 24.7. The Hall–Kier alpha value is -2.93. The van der Waals surface area contributed by atoms with Gasteiger partial charge in [-0.3, -0.25) is 19.8 Å². The second-order valence-corrected chi connectivity index (χ2v) is 5.80. The molecule has 2 rings (SSSR count). The Morgan fingerprint density at radius 2 is 2.00 bits per heavy atom. The van der Waals surface area contributed by atoms with Crippen LogP contribution in [0.2, 0.25) is 0 Å². The maximum absolute atomic E-state index is 12.3. The van der Waals surface area contributed by atoms with Gasteiger partial charge in [-0.25, -0.2) is 0 Å². The van der Waals surface area contributed by atoms with E-state index in [9.17, 15) is 14.9 Å². The van der Waals surface area contributed by atoms with Crippen LogP contribution in [0.1, 0.15) is 11.1 Å². The molecule has 0 radical (unpaired) electrons. The largest absolute Gasteiger partial charge is 0.497 e. The maximum atomic E-state index is 12.3. The molecule has 7 nitrogen and oxygen atoms in total. The highest BCUT2D eigenvalue weighted by molar-refractivity contribution is 5.95. The molecule has 2 aromatic carbocycles. The Kier molecular flexibility index (Phi) is 6.08. The minimum atomic E-state index is -0.497. The van der Waals surface area contributed by atoms with Gasteiger partial charge in [0.15, 0.2) is 0 Å². The van der Waals surface area contributed by atoms with Gasteiger partial charge in [0.1, 0.15) is 11.4 Å². The quantitative estimate of drug-likeness (QED) is 0.617. The highest BCUT2D eigenvalue weighted by Crippen LogP contribution is 2.27. The predicted octanol–water partition coefficient (Wildman–Crippen LogP) is 2.98. The molecular formula is C18H21N3O4. The molecule has 1 amide bonds. The van der Waals surface area contributed by atoms with Crippen LogP contribution in [0.25, 0.3) is 0 Å². The van der Waals surface area contributed by atoms with Crippen molar-refractivity contribution in [3.63, 3.8) is 0 Å². The van der Waals surface area contributed by atoms with E-state index in [2.05, 4.69) is 5.32 Å². The number of amides is 1. The average Bonchev–Trinajstić information content (AvgIpc) is 2.56. The maximum Gasteiger partial charge on any atom is 0.293 e. The third-order valence-corrected chi connectivity index (χ3v) is 3.71. The highest BCUT2D eigenvalue weighted by Gasteiger charge is 2.18. The molecule has 0 aliphatic rings. The molecule has 0 aliphatic heterocycles. The fourth-order valence-electron chi connectivity index (χ4n) is 2.53. The second-order valence-electron chi connectivity index (χ2n) is 5.80. The van der Waals surface area contributed by atoms with Gasteiger partial charge in [-0.15, -0.1) is 0 Å². The molecule has 25 heavy (non-hydrogen) atoms. The van der Waals surface area contributed by atoms with E-state index in [0.29, 0.717) is 12.1 Å². The molecule has 0 saturated heterocycles. The molecule has 0 atom stereocenters. The summed E-state index contributed by atoms with van der Waals surface area (Å²) in [5.74, 6) is 0.452. The van der Waals surface area contributed by atoms with Crippen LogP contribution in [0.4, 0.5) is 11.4 Å². The van der Waals surface area contributed by atoms with E-state index >= 15 is 0 Å². The molecule has 0 fully saturated rings. The number of carbonyl (C=O) groups excluding carboxylic acids is 1. The first-order valence-corrected chi connectivity index (χ1v) is 7.76. The van der Waals surface area contributed by atoms with E-state index in [0.717, 1.165) is 11.3 Å². The normalized spacial score (nSPS) is 10.6. The molecule has 0 spiro atoms. The van der Waals surface area contributed by atoms with Gasteiger partial charge in [0, 0.05) is 12.6 Å². The van der Waals surface area contributed by atoms with Gasteiger partial charge in [-0.1, -0.05) is 24.3 Å². The standard InChI is InChI=1S/C18H21N3O4/c1-13-6-4-9-16(21(23)24)18(13)19-17(22)12-20(2)11-14-7-5-8-15(10-14)25-3/h4-10H,11-12H2,1-3H3,(H,19,22). The molecule has 1 N–H and O–H groups in total. The Balaban J connectivity index is 2.01. The minimum absolute atomic E-state index is 0.108. The summed E-state index contributed by atoms with van der Waals surface area (Å²) in [5, 5.41) is 13.8. The number of nitrogens with zero attached hydrogens (tertiary/aromatic N) is 2. The first-order valence-electron chi connectivity index (χ1n) is 7.76. The Bertz CT molecular complexity index is 777. The molecule has 2 aromatic rings. The number of para-hydroxylation sites is 1. The third-order valence-electron chi connectivity index (χ3n) is 3.71. The second kappa shape index (κ2) is 8.25. The van der Waals surface area contributed by atoms with Crippen LogP contribution in [-0.4, -0.2) is 36.4 Å². The summed E-state index contributed by atoms with van der Waals surface area (Å²) >= 11 is 0. The van der Waals surface area contributed by atoms with Crippen LogP contribution in [0, 0.1) is 17.0 Å². The number of nitrogens with one attached hydrogen (secondary N) is 1. The van der Waals surface area contributed by atoms with Crippen LogP contribution in [0.15, 0.2) is 42.5 Å². The summed E-state index contributed by atoms with van der Waals surface area (Å²) in [7, 11) is 3.41. The summed E-state index contributed by atoms with van der Waals surface area (Å²) in [6.07, 6.45) is 0. The van der Waals surface area contributed by atoms with Gasteiger partial charge in [0.25, 0.3) is 5.69 Å². The van der Waals surface area contributed by atoms with Gasteiger partial charge in [0.2, 0.25) is 5.91 Å². The Morgan fingerprint density at radius 1 is 1.28 bits per heavy atom. The van der Waals surface area contributed by atoms with Crippen molar-refractivity contribution in [2.45, 2.75) is 13.5 Å².